The minimum atomic E-state index is 0.0954. The normalized spacial score (nSPS) is 20.8. The molecule has 2 heterocycles. The van der Waals surface area contributed by atoms with Gasteiger partial charge in [0.05, 0.1) is 36.3 Å². The largest absolute Gasteiger partial charge is 0.374 e. The van der Waals surface area contributed by atoms with Gasteiger partial charge in [0.15, 0.2) is 0 Å². The van der Waals surface area contributed by atoms with Gasteiger partial charge < -0.3 is 10.1 Å². The summed E-state index contributed by atoms with van der Waals surface area (Å²) in [5.41, 5.74) is 2.05. The predicted octanol–water partition coefficient (Wildman–Crippen LogP) is 1.66. The first-order valence-corrected chi connectivity index (χ1v) is 7.88. The molecule has 0 radical (unpaired) electrons. The molecule has 1 fully saturated rings. The highest BCUT2D eigenvalue weighted by atomic mass is 32.2. The lowest BCUT2D eigenvalue weighted by molar-refractivity contribution is 0.0471. The molecular weight excluding hydrogens is 272 g/mol. The number of ether oxygens (including phenoxy) is 1. The number of aromatic nitrogens is 3. The molecule has 0 spiro atoms. The van der Waals surface area contributed by atoms with Crippen LogP contribution in [-0.2, 0) is 4.74 Å². The highest BCUT2D eigenvalue weighted by molar-refractivity contribution is 7.99. The zero-order valence-electron chi connectivity index (χ0n) is 11.4. The maximum absolute atomic E-state index is 5.89. The number of likely N-dealkylation sites (N-methyl/N-ethyl adjacent to an activating group) is 1. The zero-order chi connectivity index (χ0) is 13.8. The average molecular weight is 290 g/mol. The van der Waals surface area contributed by atoms with E-state index in [0.29, 0.717) is 0 Å². The molecule has 5 nitrogen and oxygen atoms in total. The first-order chi connectivity index (χ1) is 9.90. The maximum Gasteiger partial charge on any atom is 0.0876 e. The highest BCUT2D eigenvalue weighted by Gasteiger charge is 2.28. The molecule has 2 unspecified atom stereocenters. The van der Waals surface area contributed by atoms with Crippen molar-refractivity contribution in [1.82, 2.24) is 20.3 Å². The third-order valence-electron chi connectivity index (χ3n) is 3.42. The fourth-order valence-corrected chi connectivity index (χ4v) is 3.35. The Labute approximate surface area is 122 Å². The summed E-state index contributed by atoms with van der Waals surface area (Å²) in [5.74, 6) is 2.06. The second-order valence-electron chi connectivity index (χ2n) is 4.66. The van der Waals surface area contributed by atoms with Crippen LogP contribution < -0.4 is 5.32 Å². The van der Waals surface area contributed by atoms with Gasteiger partial charge in [0.1, 0.15) is 0 Å². The van der Waals surface area contributed by atoms with Gasteiger partial charge >= 0.3 is 0 Å². The minimum Gasteiger partial charge on any atom is -0.374 e. The van der Waals surface area contributed by atoms with Gasteiger partial charge in [-0.05, 0) is 19.2 Å². The van der Waals surface area contributed by atoms with E-state index in [9.17, 15) is 0 Å². The Kier molecular flexibility index (Phi) is 4.34. The van der Waals surface area contributed by atoms with E-state index in [1.165, 1.54) is 0 Å². The Morgan fingerprint density at radius 1 is 1.40 bits per heavy atom. The molecule has 0 aliphatic carbocycles. The van der Waals surface area contributed by atoms with Crippen LogP contribution in [0.2, 0.25) is 0 Å². The monoisotopic (exact) mass is 290 g/mol. The zero-order valence-corrected chi connectivity index (χ0v) is 12.2. The number of benzene rings is 1. The van der Waals surface area contributed by atoms with Gasteiger partial charge in [0.2, 0.25) is 0 Å². The van der Waals surface area contributed by atoms with Crippen LogP contribution in [-0.4, -0.2) is 46.3 Å². The smallest absolute Gasteiger partial charge is 0.0876 e. The Morgan fingerprint density at radius 3 is 2.95 bits per heavy atom. The average Bonchev–Trinajstić information content (AvgIpc) is 2.99. The SMILES string of the molecule is CNC(c1cnnn1-c1ccccc1)C1CSCCO1. The Balaban J connectivity index is 1.91. The maximum atomic E-state index is 5.89. The summed E-state index contributed by atoms with van der Waals surface area (Å²) in [6.07, 6.45) is 1.97. The molecule has 3 rings (SSSR count). The number of nitrogens with zero attached hydrogens (tertiary/aromatic N) is 3. The first kappa shape index (κ1) is 13.6. The minimum absolute atomic E-state index is 0.0954. The number of para-hydroxylation sites is 1. The van der Waals surface area contributed by atoms with Gasteiger partial charge in [-0.3, -0.25) is 0 Å². The molecule has 1 aromatic heterocycles. The van der Waals surface area contributed by atoms with Crippen molar-refractivity contribution in [2.75, 3.05) is 25.2 Å². The van der Waals surface area contributed by atoms with Crippen LogP contribution in [0.3, 0.4) is 0 Å². The standard InChI is InChI=1S/C14H18N4OS/c1-15-14(13-10-20-8-7-19-13)12-9-16-17-18(12)11-5-3-2-4-6-11/h2-6,9,13-15H,7-8,10H2,1H3. The van der Waals surface area contributed by atoms with Gasteiger partial charge in [-0.15, -0.1) is 5.10 Å². The van der Waals surface area contributed by atoms with Crippen molar-refractivity contribution < 1.29 is 4.74 Å². The number of rotatable bonds is 4. The third-order valence-corrected chi connectivity index (χ3v) is 4.44. The van der Waals surface area contributed by atoms with Gasteiger partial charge in [0.25, 0.3) is 0 Å². The van der Waals surface area contributed by atoms with Crippen molar-refractivity contribution in [3.05, 3.63) is 42.2 Å². The van der Waals surface area contributed by atoms with Crippen molar-refractivity contribution in [3.63, 3.8) is 0 Å². The van der Waals surface area contributed by atoms with E-state index in [4.69, 9.17) is 4.74 Å². The van der Waals surface area contributed by atoms with Gasteiger partial charge in [-0.1, -0.05) is 23.4 Å². The lowest BCUT2D eigenvalue weighted by atomic mass is 10.1. The van der Waals surface area contributed by atoms with E-state index >= 15 is 0 Å². The van der Waals surface area contributed by atoms with E-state index in [0.717, 1.165) is 29.5 Å². The first-order valence-electron chi connectivity index (χ1n) is 6.73. The Morgan fingerprint density at radius 2 is 2.25 bits per heavy atom. The molecule has 1 N–H and O–H groups in total. The number of hydrogen-bond donors (Lipinski definition) is 1. The molecule has 1 saturated heterocycles. The summed E-state index contributed by atoms with van der Waals surface area (Å²) in [5, 5.41) is 11.6. The van der Waals surface area contributed by atoms with E-state index in [1.807, 2.05) is 60.0 Å². The molecule has 1 aliphatic rings. The van der Waals surface area contributed by atoms with Crippen molar-refractivity contribution in [1.29, 1.82) is 0 Å². The summed E-state index contributed by atoms with van der Waals surface area (Å²) in [4.78, 5) is 0. The summed E-state index contributed by atoms with van der Waals surface area (Å²) >= 11 is 1.93. The van der Waals surface area contributed by atoms with Crippen molar-refractivity contribution >= 4 is 11.8 Å². The lowest BCUT2D eigenvalue weighted by Crippen LogP contribution is -2.37. The molecule has 1 aromatic carbocycles. The lowest BCUT2D eigenvalue weighted by Gasteiger charge is -2.29. The molecule has 2 atom stereocenters. The van der Waals surface area contributed by atoms with Gasteiger partial charge in [-0.25, -0.2) is 4.68 Å². The molecule has 0 saturated carbocycles. The summed E-state index contributed by atoms with van der Waals surface area (Å²) < 4.78 is 7.77. The summed E-state index contributed by atoms with van der Waals surface area (Å²) in [6, 6.07) is 10.2. The van der Waals surface area contributed by atoms with Crippen molar-refractivity contribution in [2.24, 2.45) is 0 Å². The quantitative estimate of drug-likeness (QED) is 0.928. The second kappa shape index (κ2) is 6.39. The molecule has 0 amide bonds. The third kappa shape index (κ3) is 2.72. The number of thioether (sulfide) groups is 1. The van der Waals surface area contributed by atoms with Crippen LogP contribution in [0.5, 0.6) is 0 Å². The molecular formula is C14H18N4OS. The van der Waals surface area contributed by atoms with E-state index in [1.54, 1.807) is 0 Å². The van der Waals surface area contributed by atoms with Crippen LogP contribution in [0.1, 0.15) is 11.7 Å². The molecule has 6 heteroatoms. The van der Waals surface area contributed by atoms with Crippen LogP contribution >= 0.6 is 11.8 Å². The topological polar surface area (TPSA) is 52.0 Å². The number of nitrogens with one attached hydrogen (secondary N) is 1. The van der Waals surface area contributed by atoms with Crippen LogP contribution in [0.25, 0.3) is 5.69 Å². The molecule has 1 aliphatic heterocycles. The summed E-state index contributed by atoms with van der Waals surface area (Å²) in [6.45, 7) is 0.806. The molecule has 0 bridgehead atoms. The Hall–Kier alpha value is -1.37. The van der Waals surface area contributed by atoms with E-state index < -0.39 is 0 Å². The van der Waals surface area contributed by atoms with E-state index in [-0.39, 0.29) is 12.1 Å². The number of hydrogen-bond acceptors (Lipinski definition) is 5. The summed E-state index contributed by atoms with van der Waals surface area (Å²) in [7, 11) is 1.95. The van der Waals surface area contributed by atoms with E-state index in [2.05, 4.69) is 15.6 Å². The van der Waals surface area contributed by atoms with Gasteiger partial charge in [-0.2, -0.15) is 11.8 Å². The second-order valence-corrected chi connectivity index (χ2v) is 5.81. The van der Waals surface area contributed by atoms with Crippen LogP contribution in [0, 0.1) is 0 Å². The fraction of sp³-hybridized carbons (Fsp3) is 0.429. The van der Waals surface area contributed by atoms with Crippen LogP contribution in [0.15, 0.2) is 36.5 Å². The van der Waals surface area contributed by atoms with Crippen molar-refractivity contribution in [3.8, 4) is 5.69 Å². The molecule has 20 heavy (non-hydrogen) atoms. The van der Waals surface area contributed by atoms with Gasteiger partial charge in [0, 0.05) is 11.5 Å². The molecule has 2 aromatic rings. The Bertz CT molecular complexity index is 539. The predicted molar refractivity (Wildman–Crippen MR) is 80.2 cm³/mol. The van der Waals surface area contributed by atoms with Crippen molar-refractivity contribution in [2.45, 2.75) is 12.1 Å². The van der Waals surface area contributed by atoms with Crippen LogP contribution in [0.4, 0.5) is 0 Å². The highest BCUT2D eigenvalue weighted by Crippen LogP contribution is 2.26. The fourth-order valence-electron chi connectivity index (χ4n) is 2.45. The molecule has 106 valence electrons.